The van der Waals surface area contributed by atoms with E-state index in [1.807, 2.05) is 22.8 Å². The number of fused-ring (bicyclic) bond motifs is 1. The van der Waals surface area contributed by atoms with Crippen LogP contribution in [0.1, 0.15) is 32.6 Å². The largest absolute Gasteiger partial charge is 0.369 e. The van der Waals surface area contributed by atoms with Crippen molar-refractivity contribution in [1.82, 2.24) is 14.5 Å². The zero-order chi connectivity index (χ0) is 14.8. The number of rotatable bonds is 4. The smallest absolute Gasteiger partial charge is 0.201 e. The van der Waals surface area contributed by atoms with Gasteiger partial charge in [-0.1, -0.05) is 24.1 Å². The lowest BCUT2D eigenvalue weighted by molar-refractivity contribution is 0.157. The average Bonchev–Trinajstić information content (AvgIpc) is 2.78. The Kier molecular flexibility index (Phi) is 4.36. The molecule has 4 nitrogen and oxygen atoms in total. The van der Waals surface area contributed by atoms with Gasteiger partial charge in [-0.05, 0) is 44.9 Å². The van der Waals surface area contributed by atoms with Gasteiger partial charge >= 0.3 is 0 Å². The molecule has 1 atom stereocenters. The highest BCUT2D eigenvalue weighted by Gasteiger charge is 2.18. The van der Waals surface area contributed by atoms with Crippen LogP contribution in [-0.2, 0) is 6.54 Å². The Bertz CT molecular complexity index is 622. The van der Waals surface area contributed by atoms with Gasteiger partial charge in [0.1, 0.15) is 0 Å². The van der Waals surface area contributed by atoms with Crippen LogP contribution in [0.2, 0.25) is 5.02 Å². The van der Waals surface area contributed by atoms with Crippen molar-refractivity contribution in [3.05, 3.63) is 23.2 Å². The summed E-state index contributed by atoms with van der Waals surface area (Å²) in [6.07, 6.45) is 5.09. The molecule has 0 amide bonds. The number of nitrogens with zero attached hydrogens (tertiary/aromatic N) is 3. The zero-order valence-electron chi connectivity index (χ0n) is 12.6. The molecule has 1 saturated heterocycles. The first-order valence-electron chi connectivity index (χ1n) is 7.81. The van der Waals surface area contributed by atoms with Gasteiger partial charge in [-0.3, -0.25) is 0 Å². The van der Waals surface area contributed by atoms with E-state index in [0.717, 1.165) is 35.6 Å². The van der Waals surface area contributed by atoms with Crippen LogP contribution in [0.5, 0.6) is 0 Å². The molecule has 1 fully saturated rings. The zero-order valence-corrected chi connectivity index (χ0v) is 13.3. The number of nitrogens with two attached hydrogens (primary N) is 1. The average molecular weight is 307 g/mol. The Morgan fingerprint density at radius 2 is 2.19 bits per heavy atom. The first-order valence-corrected chi connectivity index (χ1v) is 8.19. The fraction of sp³-hybridized carbons (Fsp3) is 0.562. The van der Waals surface area contributed by atoms with Crippen molar-refractivity contribution in [3.8, 4) is 0 Å². The number of hydrogen-bond acceptors (Lipinski definition) is 3. The number of aromatic nitrogens is 2. The molecule has 0 aliphatic carbocycles. The third-order valence-electron chi connectivity index (χ3n) is 4.51. The molecule has 1 aliphatic rings. The van der Waals surface area contributed by atoms with Crippen LogP contribution in [0, 0.1) is 0 Å². The number of halogens is 1. The van der Waals surface area contributed by atoms with Crippen LogP contribution < -0.4 is 5.73 Å². The van der Waals surface area contributed by atoms with Crippen LogP contribution in [0.3, 0.4) is 0 Å². The van der Waals surface area contributed by atoms with Crippen molar-refractivity contribution >= 4 is 28.6 Å². The number of benzene rings is 1. The molecule has 1 unspecified atom stereocenters. The summed E-state index contributed by atoms with van der Waals surface area (Å²) in [5, 5.41) is 0.725. The number of likely N-dealkylation sites (tertiary alicyclic amines) is 1. The molecule has 0 saturated carbocycles. The Morgan fingerprint density at radius 3 is 3.00 bits per heavy atom. The van der Waals surface area contributed by atoms with E-state index in [2.05, 4.69) is 16.8 Å². The Labute approximate surface area is 130 Å². The van der Waals surface area contributed by atoms with Gasteiger partial charge in [-0.25, -0.2) is 4.98 Å². The molecule has 1 aromatic heterocycles. The molecule has 1 aliphatic heterocycles. The number of hydrogen-bond donors (Lipinski definition) is 1. The Balaban J connectivity index is 1.69. The molecule has 2 heterocycles. The third-order valence-corrected chi connectivity index (χ3v) is 4.82. The summed E-state index contributed by atoms with van der Waals surface area (Å²) in [4.78, 5) is 6.98. The minimum atomic E-state index is 0.560. The molecule has 0 spiro atoms. The van der Waals surface area contributed by atoms with Gasteiger partial charge in [-0.15, -0.1) is 0 Å². The van der Waals surface area contributed by atoms with Crippen molar-refractivity contribution in [3.63, 3.8) is 0 Å². The van der Waals surface area contributed by atoms with Gasteiger partial charge in [0, 0.05) is 19.1 Å². The van der Waals surface area contributed by atoms with E-state index in [9.17, 15) is 0 Å². The number of imidazole rings is 1. The Morgan fingerprint density at radius 1 is 1.33 bits per heavy atom. The van der Waals surface area contributed by atoms with Crippen molar-refractivity contribution in [2.24, 2.45) is 0 Å². The lowest BCUT2D eigenvalue weighted by atomic mass is 10.0. The van der Waals surface area contributed by atoms with Gasteiger partial charge in [0.2, 0.25) is 5.95 Å². The van der Waals surface area contributed by atoms with Gasteiger partial charge in [-0.2, -0.15) is 0 Å². The summed E-state index contributed by atoms with van der Waals surface area (Å²) >= 11 is 6.30. The highest BCUT2D eigenvalue weighted by Crippen LogP contribution is 2.26. The second kappa shape index (κ2) is 6.24. The molecule has 1 aromatic carbocycles. The van der Waals surface area contributed by atoms with Crippen LogP contribution >= 0.6 is 11.6 Å². The van der Waals surface area contributed by atoms with Gasteiger partial charge in [0.05, 0.1) is 16.1 Å². The van der Waals surface area contributed by atoms with Gasteiger partial charge in [0.25, 0.3) is 0 Å². The topological polar surface area (TPSA) is 47.1 Å². The SMILES string of the molecule is CC1CCCCN1CCCn1c(N)nc2cccc(Cl)c21. The summed E-state index contributed by atoms with van der Waals surface area (Å²) in [5.41, 5.74) is 7.89. The van der Waals surface area contributed by atoms with Crippen molar-refractivity contribution < 1.29 is 0 Å². The maximum atomic E-state index is 6.30. The molecule has 114 valence electrons. The molecule has 5 heteroatoms. The van der Waals surface area contributed by atoms with Gasteiger partial charge < -0.3 is 15.2 Å². The van der Waals surface area contributed by atoms with Crippen molar-refractivity contribution in [2.45, 2.75) is 45.2 Å². The summed E-state index contributed by atoms with van der Waals surface area (Å²) < 4.78 is 2.05. The molecule has 0 bridgehead atoms. The first-order chi connectivity index (χ1) is 10.2. The van der Waals surface area contributed by atoms with E-state index in [1.54, 1.807) is 0 Å². The van der Waals surface area contributed by atoms with Crippen LogP contribution in [0.4, 0.5) is 5.95 Å². The molecule has 3 rings (SSSR count). The summed E-state index contributed by atoms with van der Waals surface area (Å²) in [7, 11) is 0. The molecular formula is C16H23ClN4. The molecule has 0 radical (unpaired) electrons. The highest BCUT2D eigenvalue weighted by atomic mass is 35.5. The highest BCUT2D eigenvalue weighted by molar-refractivity contribution is 6.35. The summed E-state index contributed by atoms with van der Waals surface area (Å²) in [5.74, 6) is 0.560. The maximum Gasteiger partial charge on any atom is 0.201 e. The predicted molar refractivity (Wildman–Crippen MR) is 88.7 cm³/mol. The number of nitrogen functional groups attached to an aromatic ring is 1. The standard InChI is InChI=1S/C16H23ClN4/c1-12-6-2-3-9-20(12)10-5-11-21-15-13(17)7-4-8-14(15)19-16(21)18/h4,7-8,12H,2-3,5-6,9-11H2,1H3,(H2,18,19). The lowest BCUT2D eigenvalue weighted by Gasteiger charge is -2.33. The summed E-state index contributed by atoms with van der Waals surface area (Å²) in [6, 6.07) is 6.48. The molecule has 2 aromatic rings. The van der Waals surface area contributed by atoms with E-state index in [1.165, 1.54) is 25.8 Å². The van der Waals surface area contributed by atoms with Gasteiger partial charge in [0.15, 0.2) is 0 Å². The predicted octanol–water partition coefficient (Wildman–Crippen LogP) is 3.54. The second-order valence-electron chi connectivity index (χ2n) is 5.96. The minimum Gasteiger partial charge on any atom is -0.369 e. The fourth-order valence-corrected chi connectivity index (χ4v) is 3.58. The number of piperidine rings is 1. The van der Waals surface area contributed by atoms with E-state index >= 15 is 0 Å². The van der Waals surface area contributed by atoms with E-state index < -0.39 is 0 Å². The summed E-state index contributed by atoms with van der Waals surface area (Å²) in [6.45, 7) is 5.54. The third kappa shape index (κ3) is 3.01. The Hall–Kier alpha value is -1.26. The fourth-order valence-electron chi connectivity index (χ4n) is 3.31. The van der Waals surface area contributed by atoms with Crippen molar-refractivity contribution in [1.29, 1.82) is 0 Å². The van der Waals surface area contributed by atoms with Crippen LogP contribution in [0.25, 0.3) is 11.0 Å². The lowest BCUT2D eigenvalue weighted by Crippen LogP contribution is -2.38. The second-order valence-corrected chi connectivity index (χ2v) is 6.37. The van der Waals surface area contributed by atoms with Crippen LogP contribution in [0.15, 0.2) is 18.2 Å². The molecule has 21 heavy (non-hydrogen) atoms. The quantitative estimate of drug-likeness (QED) is 0.940. The normalized spacial score (nSPS) is 20.2. The number of anilines is 1. The molecular weight excluding hydrogens is 284 g/mol. The monoisotopic (exact) mass is 306 g/mol. The first kappa shape index (κ1) is 14.7. The van der Waals surface area contributed by atoms with E-state index in [-0.39, 0.29) is 0 Å². The number of aryl methyl sites for hydroxylation is 1. The maximum absolute atomic E-state index is 6.30. The van der Waals surface area contributed by atoms with Crippen LogP contribution in [-0.4, -0.2) is 33.6 Å². The van der Waals surface area contributed by atoms with Crippen molar-refractivity contribution in [2.75, 3.05) is 18.8 Å². The molecule has 2 N–H and O–H groups in total. The number of para-hydroxylation sites is 1. The minimum absolute atomic E-state index is 0.560. The van der Waals surface area contributed by atoms with E-state index in [0.29, 0.717) is 12.0 Å². The van der Waals surface area contributed by atoms with E-state index in [4.69, 9.17) is 17.3 Å².